The van der Waals surface area contributed by atoms with Gasteiger partial charge in [0.15, 0.2) is 5.76 Å². The van der Waals surface area contributed by atoms with Gasteiger partial charge < -0.3 is 25.0 Å². The van der Waals surface area contributed by atoms with E-state index in [-0.39, 0.29) is 24.0 Å². The van der Waals surface area contributed by atoms with Crippen molar-refractivity contribution in [2.45, 2.75) is 25.0 Å². The monoisotopic (exact) mass is 375 g/mol. The summed E-state index contributed by atoms with van der Waals surface area (Å²) in [6.07, 6.45) is 2.36. The van der Waals surface area contributed by atoms with E-state index in [0.29, 0.717) is 25.1 Å². The summed E-state index contributed by atoms with van der Waals surface area (Å²) in [4.78, 5) is 12.6. The van der Waals surface area contributed by atoms with E-state index in [1.54, 1.807) is 29.5 Å². The van der Waals surface area contributed by atoms with E-state index in [2.05, 4.69) is 5.32 Å². The van der Waals surface area contributed by atoms with Crippen LogP contribution in [0, 0.1) is 0 Å². The largest absolute Gasteiger partial charge is 0.508 e. The Labute approximate surface area is 155 Å². The van der Waals surface area contributed by atoms with Gasteiger partial charge in [0.2, 0.25) is 6.29 Å². The predicted molar refractivity (Wildman–Crippen MR) is 99.0 cm³/mol. The number of phenolic OH excluding ortho intramolecular Hbond substituents is 1. The zero-order valence-electron chi connectivity index (χ0n) is 14.1. The number of thiophene rings is 1. The van der Waals surface area contributed by atoms with Gasteiger partial charge in [0, 0.05) is 30.7 Å². The van der Waals surface area contributed by atoms with Gasteiger partial charge in [-0.3, -0.25) is 4.79 Å². The highest BCUT2D eigenvalue weighted by Crippen LogP contribution is 2.33. The molecule has 0 bridgehead atoms. The highest BCUT2D eigenvalue weighted by molar-refractivity contribution is 7.08. The lowest BCUT2D eigenvalue weighted by molar-refractivity contribution is -0.144. The van der Waals surface area contributed by atoms with Crippen LogP contribution in [0.5, 0.6) is 5.75 Å². The van der Waals surface area contributed by atoms with Crippen molar-refractivity contribution in [3.63, 3.8) is 0 Å². The molecule has 1 aromatic carbocycles. The highest BCUT2D eigenvalue weighted by Gasteiger charge is 2.29. The van der Waals surface area contributed by atoms with Crippen LogP contribution in [-0.2, 0) is 14.3 Å². The van der Waals surface area contributed by atoms with Crippen LogP contribution in [0.15, 0.2) is 52.9 Å². The van der Waals surface area contributed by atoms with Crippen molar-refractivity contribution < 1.29 is 24.5 Å². The zero-order valence-corrected chi connectivity index (χ0v) is 14.9. The molecule has 0 saturated carbocycles. The second kappa shape index (κ2) is 8.84. The standard InChI is InChI=1S/C19H21NO5S/c21-6-2-7-24-18-10-14(13-5-8-26-12-13)9-17(25-18)19(23)20-15-3-1-4-16(22)11-15/h1,3-5,8-9,11-12,14,18,21-22H,2,6-7,10H2,(H,20,23)/t14-,18+/m1/s1. The third-order valence-electron chi connectivity index (χ3n) is 3.96. The minimum absolute atomic E-state index is 0.0130. The highest BCUT2D eigenvalue weighted by atomic mass is 32.1. The fraction of sp³-hybridized carbons (Fsp3) is 0.316. The van der Waals surface area contributed by atoms with Gasteiger partial charge >= 0.3 is 0 Å². The maximum absolute atomic E-state index is 12.6. The Hall–Kier alpha value is -2.35. The van der Waals surface area contributed by atoms with E-state index < -0.39 is 12.2 Å². The molecule has 0 radical (unpaired) electrons. The normalized spacial score (nSPS) is 19.5. The fourth-order valence-corrected chi connectivity index (χ4v) is 3.42. The van der Waals surface area contributed by atoms with Gasteiger partial charge in [-0.1, -0.05) is 6.07 Å². The molecule has 1 aliphatic heterocycles. The summed E-state index contributed by atoms with van der Waals surface area (Å²) in [7, 11) is 0. The van der Waals surface area contributed by atoms with E-state index in [1.165, 1.54) is 12.1 Å². The smallest absolute Gasteiger partial charge is 0.290 e. The number of anilines is 1. The fourth-order valence-electron chi connectivity index (χ4n) is 2.69. The second-order valence-electron chi connectivity index (χ2n) is 5.93. The van der Waals surface area contributed by atoms with Crippen molar-refractivity contribution in [1.82, 2.24) is 0 Å². The number of hydrogen-bond acceptors (Lipinski definition) is 6. The molecule has 138 valence electrons. The van der Waals surface area contributed by atoms with Gasteiger partial charge in [0.25, 0.3) is 5.91 Å². The summed E-state index contributed by atoms with van der Waals surface area (Å²) >= 11 is 1.60. The van der Waals surface area contributed by atoms with Gasteiger partial charge in [0.1, 0.15) is 5.75 Å². The minimum Gasteiger partial charge on any atom is -0.508 e. The van der Waals surface area contributed by atoms with Crippen molar-refractivity contribution in [2.24, 2.45) is 0 Å². The zero-order chi connectivity index (χ0) is 18.4. The van der Waals surface area contributed by atoms with Crippen LogP contribution < -0.4 is 5.32 Å². The Morgan fingerprint density at radius 3 is 3.00 bits per heavy atom. The van der Waals surface area contributed by atoms with Gasteiger partial charge in [-0.15, -0.1) is 0 Å². The van der Waals surface area contributed by atoms with Crippen molar-refractivity contribution in [2.75, 3.05) is 18.5 Å². The molecule has 26 heavy (non-hydrogen) atoms. The maximum Gasteiger partial charge on any atom is 0.290 e. The van der Waals surface area contributed by atoms with Crippen LogP contribution in [0.1, 0.15) is 24.3 Å². The molecule has 1 aliphatic rings. The molecule has 6 nitrogen and oxygen atoms in total. The number of carbonyl (C=O) groups is 1. The number of aromatic hydroxyl groups is 1. The van der Waals surface area contributed by atoms with Crippen molar-refractivity contribution in [3.05, 3.63) is 58.5 Å². The molecule has 3 rings (SSSR count). The molecule has 0 aliphatic carbocycles. The number of aliphatic hydroxyl groups excluding tert-OH is 1. The summed E-state index contributed by atoms with van der Waals surface area (Å²) < 4.78 is 11.4. The number of carbonyl (C=O) groups excluding carboxylic acids is 1. The number of aliphatic hydroxyl groups is 1. The first-order valence-electron chi connectivity index (χ1n) is 8.39. The molecule has 3 N–H and O–H groups in total. The Bertz CT molecular complexity index is 759. The molecule has 0 fully saturated rings. The second-order valence-corrected chi connectivity index (χ2v) is 6.71. The first-order chi connectivity index (χ1) is 12.7. The van der Waals surface area contributed by atoms with E-state index in [4.69, 9.17) is 14.6 Å². The predicted octanol–water partition coefficient (Wildman–Crippen LogP) is 3.21. The molecular formula is C19H21NO5S. The molecule has 1 amide bonds. The van der Waals surface area contributed by atoms with Crippen molar-refractivity contribution >= 4 is 22.9 Å². The Morgan fingerprint density at radius 2 is 2.27 bits per heavy atom. The molecular weight excluding hydrogens is 354 g/mol. The van der Waals surface area contributed by atoms with Crippen LogP contribution in [-0.4, -0.2) is 35.6 Å². The topological polar surface area (TPSA) is 88.0 Å². The summed E-state index contributed by atoms with van der Waals surface area (Å²) in [6, 6.07) is 8.35. The first kappa shape index (κ1) is 18.4. The number of amides is 1. The van der Waals surface area contributed by atoms with Crippen molar-refractivity contribution in [3.8, 4) is 5.75 Å². The van der Waals surface area contributed by atoms with Gasteiger partial charge in [-0.05, 0) is 47.0 Å². The summed E-state index contributed by atoms with van der Waals surface area (Å²) in [6.45, 7) is 0.403. The number of benzene rings is 1. The Kier molecular flexibility index (Phi) is 6.27. The van der Waals surface area contributed by atoms with Crippen LogP contribution in [0.3, 0.4) is 0 Å². The van der Waals surface area contributed by atoms with Crippen molar-refractivity contribution in [1.29, 1.82) is 0 Å². The quantitative estimate of drug-likeness (QED) is 0.647. The third kappa shape index (κ3) is 4.85. The number of rotatable bonds is 7. The van der Waals surface area contributed by atoms with Gasteiger partial charge in [-0.25, -0.2) is 0 Å². The maximum atomic E-state index is 12.6. The van der Waals surface area contributed by atoms with Gasteiger partial charge in [0.05, 0.1) is 6.61 Å². The van der Waals surface area contributed by atoms with Crippen LogP contribution in [0.2, 0.25) is 0 Å². The van der Waals surface area contributed by atoms with Crippen LogP contribution in [0.25, 0.3) is 0 Å². The molecule has 1 aromatic heterocycles. The molecule has 0 spiro atoms. The van der Waals surface area contributed by atoms with E-state index >= 15 is 0 Å². The Morgan fingerprint density at radius 1 is 1.38 bits per heavy atom. The average Bonchev–Trinajstić information content (AvgIpc) is 3.16. The first-order valence-corrected chi connectivity index (χ1v) is 9.33. The lowest BCUT2D eigenvalue weighted by Gasteiger charge is -2.29. The molecule has 0 saturated heterocycles. The molecule has 0 unspecified atom stereocenters. The van der Waals surface area contributed by atoms with E-state index in [0.717, 1.165) is 5.56 Å². The Balaban J connectivity index is 1.74. The summed E-state index contributed by atoms with van der Waals surface area (Å²) in [5.41, 5.74) is 1.59. The number of nitrogens with one attached hydrogen (secondary N) is 1. The molecule has 7 heteroatoms. The molecule has 2 atom stereocenters. The SMILES string of the molecule is O=C(Nc1cccc(O)c1)C1=C[C@@H](c2ccsc2)C[C@@H](OCCCO)O1. The van der Waals surface area contributed by atoms with Crippen LogP contribution in [0.4, 0.5) is 5.69 Å². The molecule has 2 aromatic rings. The van der Waals surface area contributed by atoms with E-state index in [9.17, 15) is 9.90 Å². The number of phenols is 1. The number of ether oxygens (including phenoxy) is 2. The van der Waals surface area contributed by atoms with E-state index in [1.807, 2.05) is 16.8 Å². The third-order valence-corrected chi connectivity index (χ3v) is 4.66. The average molecular weight is 375 g/mol. The van der Waals surface area contributed by atoms with Gasteiger partial charge in [-0.2, -0.15) is 11.3 Å². The number of hydrogen-bond donors (Lipinski definition) is 3. The number of allylic oxidation sites excluding steroid dienone is 1. The van der Waals surface area contributed by atoms with Crippen LogP contribution >= 0.6 is 11.3 Å². The summed E-state index contributed by atoms with van der Waals surface area (Å²) in [5.74, 6) is -0.127. The lowest BCUT2D eigenvalue weighted by atomic mass is 9.95. The summed E-state index contributed by atoms with van der Waals surface area (Å²) in [5, 5.41) is 25.2. The minimum atomic E-state index is -0.554. The molecule has 2 heterocycles. The lowest BCUT2D eigenvalue weighted by Crippen LogP contribution is -2.29.